The van der Waals surface area contributed by atoms with Gasteiger partial charge in [-0.3, -0.25) is 10.1 Å². The van der Waals surface area contributed by atoms with E-state index < -0.39 is 4.92 Å². The Morgan fingerprint density at radius 3 is 2.71 bits per heavy atom. The third-order valence-electron chi connectivity index (χ3n) is 3.06. The first kappa shape index (κ1) is 15.3. The monoisotopic (exact) mass is 306 g/mol. The number of rotatable bonds is 5. The van der Waals surface area contributed by atoms with Gasteiger partial charge in [-0.2, -0.15) is 0 Å². The summed E-state index contributed by atoms with van der Waals surface area (Å²) in [5.74, 6) is 0.596. The second kappa shape index (κ2) is 6.56. The van der Waals surface area contributed by atoms with Crippen LogP contribution in [0.2, 0.25) is 5.02 Å². The second-order valence-corrected chi connectivity index (χ2v) is 5.05. The fourth-order valence-corrected chi connectivity index (χ4v) is 2.13. The van der Waals surface area contributed by atoms with Crippen LogP contribution < -0.4 is 10.5 Å². The third kappa shape index (κ3) is 3.71. The van der Waals surface area contributed by atoms with Crippen molar-refractivity contribution in [1.29, 1.82) is 0 Å². The Balaban J connectivity index is 2.21. The minimum atomic E-state index is -0.469. The van der Waals surface area contributed by atoms with E-state index in [2.05, 4.69) is 0 Å². The smallest absolute Gasteiger partial charge is 0.277 e. The van der Waals surface area contributed by atoms with Gasteiger partial charge in [0, 0.05) is 12.1 Å². The maximum Gasteiger partial charge on any atom is 0.277 e. The Bertz CT molecular complexity index is 659. The SMILES string of the molecule is C[C@@H](N)c1cccc(OCc2c(Cl)cccc2[N+](=O)[O-])c1. The van der Waals surface area contributed by atoms with E-state index in [9.17, 15) is 10.1 Å². The maximum absolute atomic E-state index is 11.0. The van der Waals surface area contributed by atoms with E-state index in [1.54, 1.807) is 18.2 Å². The molecule has 0 saturated heterocycles. The summed E-state index contributed by atoms with van der Waals surface area (Å²) in [5.41, 5.74) is 7.05. The highest BCUT2D eigenvalue weighted by Crippen LogP contribution is 2.28. The summed E-state index contributed by atoms with van der Waals surface area (Å²) in [7, 11) is 0. The van der Waals surface area contributed by atoms with Crippen LogP contribution in [0.3, 0.4) is 0 Å². The molecule has 0 saturated carbocycles. The van der Waals surface area contributed by atoms with Crippen LogP contribution in [0.25, 0.3) is 0 Å². The lowest BCUT2D eigenvalue weighted by Crippen LogP contribution is -2.05. The molecule has 0 bridgehead atoms. The first-order chi connectivity index (χ1) is 9.99. The van der Waals surface area contributed by atoms with Gasteiger partial charge in [0.2, 0.25) is 0 Å². The molecular weight excluding hydrogens is 292 g/mol. The summed E-state index contributed by atoms with van der Waals surface area (Å²) in [6.45, 7) is 1.90. The van der Waals surface area contributed by atoms with E-state index in [0.717, 1.165) is 5.56 Å². The molecule has 2 aromatic carbocycles. The summed E-state index contributed by atoms with van der Waals surface area (Å²) in [6, 6.07) is 11.8. The lowest BCUT2D eigenvalue weighted by Gasteiger charge is -2.11. The minimum absolute atomic E-state index is 0.0262. The molecule has 1 atom stereocenters. The summed E-state index contributed by atoms with van der Waals surface area (Å²) < 4.78 is 5.61. The largest absolute Gasteiger partial charge is 0.489 e. The summed E-state index contributed by atoms with van der Waals surface area (Å²) in [4.78, 5) is 10.5. The zero-order valence-electron chi connectivity index (χ0n) is 11.5. The van der Waals surface area contributed by atoms with Gasteiger partial charge < -0.3 is 10.5 Å². The van der Waals surface area contributed by atoms with Gasteiger partial charge in [-0.25, -0.2) is 0 Å². The number of benzene rings is 2. The number of nitrogens with two attached hydrogens (primary N) is 1. The van der Waals surface area contributed by atoms with Crippen molar-refractivity contribution >= 4 is 17.3 Å². The highest BCUT2D eigenvalue weighted by atomic mass is 35.5. The molecule has 21 heavy (non-hydrogen) atoms. The lowest BCUT2D eigenvalue weighted by atomic mass is 10.1. The van der Waals surface area contributed by atoms with Crippen LogP contribution in [-0.2, 0) is 6.61 Å². The van der Waals surface area contributed by atoms with E-state index in [4.69, 9.17) is 22.1 Å². The summed E-state index contributed by atoms with van der Waals surface area (Å²) in [5, 5.41) is 11.3. The van der Waals surface area contributed by atoms with Crippen LogP contribution >= 0.6 is 11.6 Å². The van der Waals surface area contributed by atoms with Crippen molar-refractivity contribution in [1.82, 2.24) is 0 Å². The van der Waals surface area contributed by atoms with Crippen molar-refractivity contribution in [3.05, 3.63) is 68.7 Å². The Kier molecular flexibility index (Phi) is 4.77. The Labute approximate surface area is 127 Å². The highest BCUT2D eigenvalue weighted by molar-refractivity contribution is 6.31. The van der Waals surface area contributed by atoms with Crippen molar-refractivity contribution in [2.24, 2.45) is 5.73 Å². The molecule has 2 N–H and O–H groups in total. The molecule has 0 spiro atoms. The molecule has 0 fully saturated rings. The van der Waals surface area contributed by atoms with Crippen molar-refractivity contribution in [2.75, 3.05) is 0 Å². The zero-order chi connectivity index (χ0) is 15.4. The number of nitro benzene ring substituents is 1. The molecular formula is C15H15ClN2O3. The van der Waals surface area contributed by atoms with Crippen LogP contribution in [-0.4, -0.2) is 4.92 Å². The third-order valence-corrected chi connectivity index (χ3v) is 3.41. The Hall–Kier alpha value is -2.11. The molecule has 0 heterocycles. The quantitative estimate of drug-likeness (QED) is 0.672. The molecule has 0 aliphatic carbocycles. The lowest BCUT2D eigenvalue weighted by molar-refractivity contribution is -0.385. The van der Waals surface area contributed by atoms with Crippen molar-refractivity contribution in [3.63, 3.8) is 0 Å². The molecule has 110 valence electrons. The van der Waals surface area contributed by atoms with E-state index in [0.29, 0.717) is 16.3 Å². The van der Waals surface area contributed by atoms with Gasteiger partial charge in [-0.05, 0) is 30.7 Å². The molecule has 0 unspecified atom stereocenters. The van der Waals surface area contributed by atoms with Gasteiger partial charge in [-0.15, -0.1) is 0 Å². The molecule has 0 radical (unpaired) electrons. The predicted molar refractivity (Wildman–Crippen MR) is 81.5 cm³/mol. The molecule has 0 aliphatic rings. The first-order valence-electron chi connectivity index (χ1n) is 6.39. The Morgan fingerprint density at radius 1 is 1.33 bits per heavy atom. The normalized spacial score (nSPS) is 12.0. The van der Waals surface area contributed by atoms with Gasteiger partial charge in [0.15, 0.2) is 0 Å². The summed E-state index contributed by atoms with van der Waals surface area (Å²) >= 11 is 6.02. The van der Waals surface area contributed by atoms with Crippen LogP contribution in [0.5, 0.6) is 5.75 Å². The number of nitrogens with zero attached hydrogens (tertiary/aromatic N) is 1. The first-order valence-corrected chi connectivity index (χ1v) is 6.77. The van der Waals surface area contributed by atoms with Crippen LogP contribution in [0.15, 0.2) is 42.5 Å². The summed E-state index contributed by atoms with van der Waals surface area (Å²) in [6.07, 6.45) is 0. The second-order valence-electron chi connectivity index (χ2n) is 4.64. The fraction of sp³-hybridized carbons (Fsp3) is 0.200. The molecule has 5 nitrogen and oxygen atoms in total. The topological polar surface area (TPSA) is 78.4 Å². The van der Waals surface area contributed by atoms with Crippen LogP contribution in [0.1, 0.15) is 24.1 Å². The predicted octanol–water partition coefficient (Wildman–Crippen LogP) is 3.85. The van der Waals surface area contributed by atoms with Gasteiger partial charge in [-0.1, -0.05) is 29.8 Å². The number of hydrogen-bond donors (Lipinski definition) is 1. The standard InChI is InChI=1S/C15H15ClN2O3/c1-10(17)11-4-2-5-12(8-11)21-9-13-14(16)6-3-7-15(13)18(19)20/h2-8,10H,9,17H2,1H3/t10-/m1/s1. The molecule has 2 rings (SSSR count). The fourth-order valence-electron chi connectivity index (χ4n) is 1.90. The molecule has 0 amide bonds. The van der Waals surface area contributed by atoms with Crippen molar-refractivity contribution in [2.45, 2.75) is 19.6 Å². The zero-order valence-corrected chi connectivity index (χ0v) is 12.2. The number of halogens is 1. The van der Waals surface area contributed by atoms with E-state index in [-0.39, 0.29) is 18.3 Å². The molecule has 0 aromatic heterocycles. The van der Waals surface area contributed by atoms with Crippen molar-refractivity contribution in [3.8, 4) is 5.75 Å². The molecule has 6 heteroatoms. The average Bonchev–Trinajstić information content (AvgIpc) is 2.46. The van der Waals surface area contributed by atoms with Gasteiger partial charge >= 0.3 is 0 Å². The van der Waals surface area contributed by atoms with E-state index >= 15 is 0 Å². The number of nitro groups is 1. The highest BCUT2D eigenvalue weighted by Gasteiger charge is 2.17. The van der Waals surface area contributed by atoms with E-state index in [1.807, 2.05) is 25.1 Å². The molecule has 0 aliphatic heterocycles. The molecule has 2 aromatic rings. The van der Waals surface area contributed by atoms with Crippen molar-refractivity contribution < 1.29 is 9.66 Å². The Morgan fingerprint density at radius 2 is 2.05 bits per heavy atom. The average molecular weight is 307 g/mol. The van der Waals surface area contributed by atoms with Crippen LogP contribution in [0.4, 0.5) is 5.69 Å². The van der Waals surface area contributed by atoms with Crippen LogP contribution in [0, 0.1) is 10.1 Å². The number of ether oxygens (including phenoxy) is 1. The van der Waals surface area contributed by atoms with Gasteiger partial charge in [0.1, 0.15) is 12.4 Å². The van der Waals surface area contributed by atoms with Gasteiger partial charge in [0.05, 0.1) is 15.5 Å². The minimum Gasteiger partial charge on any atom is -0.489 e. The maximum atomic E-state index is 11.0. The number of hydrogen-bond acceptors (Lipinski definition) is 4. The van der Waals surface area contributed by atoms with E-state index in [1.165, 1.54) is 6.07 Å². The van der Waals surface area contributed by atoms with Gasteiger partial charge in [0.25, 0.3) is 5.69 Å².